The van der Waals surface area contributed by atoms with E-state index >= 15 is 0 Å². The van der Waals surface area contributed by atoms with Crippen LogP contribution < -0.4 is 4.74 Å². The number of aromatic hydroxyl groups is 1. The molecule has 29 heavy (non-hydrogen) atoms. The van der Waals surface area contributed by atoms with Crippen LogP contribution in [-0.4, -0.2) is 35.8 Å². The lowest BCUT2D eigenvalue weighted by atomic mass is 9.71. The van der Waals surface area contributed by atoms with Crippen molar-refractivity contribution in [3.63, 3.8) is 0 Å². The monoisotopic (exact) mass is 399 g/mol. The summed E-state index contributed by atoms with van der Waals surface area (Å²) >= 11 is 0. The molecule has 0 saturated heterocycles. The van der Waals surface area contributed by atoms with Gasteiger partial charge in [-0.25, -0.2) is 0 Å². The second-order valence-corrected chi connectivity index (χ2v) is 7.53. The zero-order valence-electron chi connectivity index (χ0n) is 17.4. The number of benzene rings is 1. The first-order valence-electron chi connectivity index (χ1n) is 10.4. The van der Waals surface area contributed by atoms with Crippen LogP contribution in [0.2, 0.25) is 0 Å². The van der Waals surface area contributed by atoms with Gasteiger partial charge in [-0.1, -0.05) is 19.4 Å². The van der Waals surface area contributed by atoms with Crippen LogP contribution in [0.25, 0.3) is 0 Å². The lowest BCUT2D eigenvalue weighted by Gasteiger charge is -2.34. The number of allylic oxidation sites excluding steroid dienone is 2. The number of phenols is 1. The number of Topliss-reactive ketones (excluding diaryl/α,β-unsaturated/α-hetero) is 1. The molecule has 1 aromatic rings. The molecule has 1 heterocycles. The maximum Gasteiger partial charge on any atom is 0.315 e. The van der Waals surface area contributed by atoms with Gasteiger partial charge in [0.1, 0.15) is 5.92 Å². The largest absolute Gasteiger partial charge is 0.504 e. The van der Waals surface area contributed by atoms with Crippen molar-refractivity contribution in [3.8, 4) is 11.5 Å². The van der Waals surface area contributed by atoms with Gasteiger partial charge in [0.25, 0.3) is 0 Å². The van der Waals surface area contributed by atoms with Gasteiger partial charge < -0.3 is 14.6 Å². The van der Waals surface area contributed by atoms with Crippen molar-refractivity contribution in [1.82, 2.24) is 0 Å². The van der Waals surface area contributed by atoms with Crippen LogP contribution in [0.15, 0.2) is 34.5 Å². The number of hydrogen-bond donors (Lipinski definition) is 1. The van der Waals surface area contributed by atoms with E-state index in [1.54, 1.807) is 18.2 Å². The summed E-state index contributed by atoms with van der Waals surface area (Å²) in [5.41, 5.74) is 2.79. The second kappa shape index (κ2) is 9.25. The van der Waals surface area contributed by atoms with E-state index in [9.17, 15) is 14.7 Å². The van der Waals surface area contributed by atoms with E-state index in [0.29, 0.717) is 36.7 Å². The van der Waals surface area contributed by atoms with Gasteiger partial charge in [0.05, 0.1) is 13.2 Å². The molecule has 0 bridgehead atoms. The first kappa shape index (κ1) is 21.1. The molecule has 1 aliphatic heterocycles. The van der Waals surface area contributed by atoms with E-state index in [1.807, 2.05) is 20.8 Å². The topological polar surface area (TPSA) is 85.2 Å². The molecule has 0 radical (unpaired) electrons. The molecule has 0 amide bonds. The van der Waals surface area contributed by atoms with Crippen LogP contribution in [-0.2, 0) is 14.3 Å². The van der Waals surface area contributed by atoms with Gasteiger partial charge in [-0.2, -0.15) is 0 Å². The van der Waals surface area contributed by atoms with E-state index in [1.165, 1.54) is 0 Å². The van der Waals surface area contributed by atoms with Gasteiger partial charge in [0.2, 0.25) is 0 Å². The van der Waals surface area contributed by atoms with Crippen molar-refractivity contribution in [2.24, 2.45) is 10.9 Å². The minimum absolute atomic E-state index is 0.0306. The Balaban J connectivity index is 2.07. The number of unbranched alkanes of at least 4 members (excludes halogenated alkanes) is 1. The van der Waals surface area contributed by atoms with Crippen molar-refractivity contribution >= 4 is 17.5 Å². The Kier molecular flexibility index (Phi) is 6.72. The second-order valence-electron chi connectivity index (χ2n) is 7.53. The van der Waals surface area contributed by atoms with E-state index in [2.05, 4.69) is 4.99 Å². The number of nitrogens with zero attached hydrogens (tertiary/aromatic N) is 1. The van der Waals surface area contributed by atoms with Crippen LogP contribution in [0, 0.1) is 5.92 Å². The van der Waals surface area contributed by atoms with E-state index < -0.39 is 11.8 Å². The first-order valence-corrected chi connectivity index (χ1v) is 10.4. The Morgan fingerprint density at radius 3 is 2.79 bits per heavy atom. The number of ketones is 1. The molecule has 0 aromatic heterocycles. The summed E-state index contributed by atoms with van der Waals surface area (Å²) in [5.74, 6) is -1.10. The highest BCUT2D eigenvalue weighted by Gasteiger charge is 2.43. The van der Waals surface area contributed by atoms with Crippen molar-refractivity contribution in [2.75, 3.05) is 13.2 Å². The number of phenolic OH excluding ortho intramolecular Hbond substituents is 1. The Hall–Kier alpha value is -2.63. The van der Waals surface area contributed by atoms with Crippen LogP contribution in [0.5, 0.6) is 11.5 Å². The number of esters is 1. The van der Waals surface area contributed by atoms with Crippen LogP contribution in [0.1, 0.15) is 64.4 Å². The highest BCUT2D eigenvalue weighted by atomic mass is 16.5. The lowest BCUT2D eigenvalue weighted by Crippen LogP contribution is -2.37. The summed E-state index contributed by atoms with van der Waals surface area (Å²) in [6.45, 7) is 6.45. The summed E-state index contributed by atoms with van der Waals surface area (Å²) in [7, 11) is 0. The fourth-order valence-electron chi connectivity index (χ4n) is 4.07. The number of ether oxygens (including phenoxy) is 2. The van der Waals surface area contributed by atoms with Crippen LogP contribution in [0.3, 0.4) is 0 Å². The Labute approximate surface area is 171 Å². The highest BCUT2D eigenvalue weighted by molar-refractivity contribution is 6.08. The number of hydrogen-bond acceptors (Lipinski definition) is 6. The molecule has 1 unspecified atom stereocenters. The van der Waals surface area contributed by atoms with Gasteiger partial charge in [-0.05, 0) is 50.8 Å². The zero-order valence-corrected chi connectivity index (χ0v) is 17.4. The molecule has 0 fully saturated rings. The average Bonchev–Trinajstić information content (AvgIpc) is 2.69. The summed E-state index contributed by atoms with van der Waals surface area (Å²) < 4.78 is 11.1. The third-order valence-corrected chi connectivity index (χ3v) is 5.47. The molecule has 1 aromatic carbocycles. The third-order valence-electron chi connectivity index (χ3n) is 5.47. The molecule has 1 N–H and O–H groups in total. The van der Waals surface area contributed by atoms with Crippen LogP contribution in [0.4, 0.5) is 0 Å². The fraction of sp³-hybridized carbons (Fsp3) is 0.522. The minimum atomic E-state index is -0.660. The summed E-state index contributed by atoms with van der Waals surface area (Å²) in [4.78, 5) is 30.5. The van der Waals surface area contributed by atoms with Crippen molar-refractivity contribution in [3.05, 3.63) is 35.0 Å². The van der Waals surface area contributed by atoms with Crippen LogP contribution >= 0.6 is 0 Å². The molecule has 6 heteroatoms. The van der Waals surface area contributed by atoms with E-state index in [0.717, 1.165) is 36.9 Å². The molecule has 156 valence electrons. The van der Waals surface area contributed by atoms with E-state index in [4.69, 9.17) is 9.47 Å². The molecule has 1 aliphatic carbocycles. The minimum Gasteiger partial charge on any atom is -0.504 e. The average molecular weight is 399 g/mol. The van der Waals surface area contributed by atoms with Gasteiger partial charge in [-0.3, -0.25) is 14.6 Å². The summed E-state index contributed by atoms with van der Waals surface area (Å²) in [5, 5.41) is 10.1. The van der Waals surface area contributed by atoms with Gasteiger partial charge in [-0.15, -0.1) is 0 Å². The van der Waals surface area contributed by atoms with Gasteiger partial charge in [0.15, 0.2) is 17.3 Å². The SMILES string of the molecule is CCCCOC(=O)C1C(C)=NC2=C(C(=O)CCC2)[C@H]1c1ccc(O)c(OCC)c1. The number of rotatable bonds is 7. The predicted molar refractivity (Wildman–Crippen MR) is 110 cm³/mol. The predicted octanol–water partition coefficient (Wildman–Crippen LogP) is 4.32. The van der Waals surface area contributed by atoms with Crippen molar-refractivity contribution < 1.29 is 24.2 Å². The standard InChI is InChI=1S/C23H29NO5/c1-4-6-12-29-23(27)20-14(3)24-16-8-7-9-18(26)22(16)21(20)15-10-11-17(25)19(13-15)28-5-2/h10-11,13,20-21,25H,4-9,12H2,1-3H3/t20?,21-/m0/s1. The molecule has 2 aliphatic rings. The van der Waals surface area contributed by atoms with Gasteiger partial charge >= 0.3 is 5.97 Å². The Morgan fingerprint density at radius 1 is 1.28 bits per heavy atom. The number of aliphatic imine (C=N–C) groups is 1. The molecule has 2 atom stereocenters. The molecular weight excluding hydrogens is 370 g/mol. The molecule has 0 saturated carbocycles. The first-order chi connectivity index (χ1) is 14.0. The van der Waals surface area contributed by atoms with Gasteiger partial charge in [0, 0.05) is 29.3 Å². The highest BCUT2D eigenvalue weighted by Crippen LogP contribution is 2.45. The molecule has 3 rings (SSSR count). The normalized spacial score (nSPS) is 21.5. The number of carbonyl (C=O) groups excluding carboxylic acids is 2. The summed E-state index contributed by atoms with van der Waals surface area (Å²) in [6, 6.07) is 5.02. The maximum absolute atomic E-state index is 13.0. The molecular formula is C23H29NO5. The van der Waals surface area contributed by atoms with Crippen molar-refractivity contribution in [1.29, 1.82) is 0 Å². The Bertz CT molecular complexity index is 855. The Morgan fingerprint density at radius 2 is 2.07 bits per heavy atom. The lowest BCUT2D eigenvalue weighted by molar-refractivity contribution is -0.146. The van der Waals surface area contributed by atoms with Crippen molar-refractivity contribution in [2.45, 2.75) is 58.8 Å². The maximum atomic E-state index is 13.0. The zero-order chi connectivity index (χ0) is 21.0. The quantitative estimate of drug-likeness (QED) is 0.545. The summed E-state index contributed by atoms with van der Waals surface area (Å²) in [6.07, 6.45) is 3.67. The smallest absolute Gasteiger partial charge is 0.315 e. The number of carbonyl (C=O) groups is 2. The third kappa shape index (κ3) is 4.36. The molecule has 6 nitrogen and oxygen atoms in total. The fourth-order valence-corrected chi connectivity index (χ4v) is 4.07. The molecule has 0 spiro atoms. The van der Waals surface area contributed by atoms with E-state index in [-0.39, 0.29) is 17.5 Å².